The minimum absolute atomic E-state index is 0.131. The van der Waals surface area contributed by atoms with Gasteiger partial charge in [-0.15, -0.1) is 0 Å². The van der Waals surface area contributed by atoms with Crippen LogP contribution in [0.1, 0.15) is 0 Å². The van der Waals surface area contributed by atoms with Gasteiger partial charge in [-0.2, -0.15) is 0 Å². The minimum Gasteiger partial charge on any atom is -0.388 e. The van der Waals surface area contributed by atoms with E-state index in [2.05, 4.69) is 0 Å². The molecule has 0 aromatic carbocycles. The van der Waals surface area contributed by atoms with E-state index in [9.17, 15) is 0 Å². The van der Waals surface area contributed by atoms with Gasteiger partial charge in [0, 0.05) is 19.5 Å². The van der Waals surface area contributed by atoms with Crippen molar-refractivity contribution in [3.8, 4) is 0 Å². The van der Waals surface area contributed by atoms with Crippen LogP contribution in [-0.2, 0) is 14.2 Å². The Labute approximate surface area is 77.4 Å². The summed E-state index contributed by atoms with van der Waals surface area (Å²) >= 11 is 0. The third-order valence-electron chi connectivity index (χ3n) is 1.18. The van der Waals surface area contributed by atoms with Crippen molar-refractivity contribution in [3.05, 3.63) is 0 Å². The molecule has 0 aromatic rings. The van der Waals surface area contributed by atoms with Gasteiger partial charge in [0.15, 0.2) is 0 Å². The van der Waals surface area contributed by atoms with Gasteiger partial charge in [-0.05, 0) is 0 Å². The Kier molecular flexibility index (Phi) is 9.22. The van der Waals surface area contributed by atoms with E-state index >= 15 is 0 Å². The molecular formula is C6H11B3O3. The van der Waals surface area contributed by atoms with Crippen LogP contribution in [-0.4, -0.2) is 62.4 Å². The van der Waals surface area contributed by atoms with Crippen molar-refractivity contribution in [1.29, 1.82) is 0 Å². The molecule has 3 nitrogen and oxygen atoms in total. The zero-order valence-electron chi connectivity index (χ0n) is 7.07. The third kappa shape index (κ3) is 6.76. The Morgan fingerprint density at radius 2 is 1.33 bits per heavy atom. The van der Waals surface area contributed by atoms with Crippen LogP contribution in [0.4, 0.5) is 0 Å². The van der Waals surface area contributed by atoms with Crippen LogP contribution >= 0.6 is 0 Å². The summed E-state index contributed by atoms with van der Waals surface area (Å²) < 4.78 is 14.9. The summed E-state index contributed by atoms with van der Waals surface area (Å²) in [6.07, 6.45) is -0.193. The maximum Gasteiger partial charge on any atom is 0.104 e. The van der Waals surface area contributed by atoms with Crippen LogP contribution in [0.3, 0.4) is 0 Å². The largest absolute Gasteiger partial charge is 0.388 e. The molecular weight excluding hydrogens is 152 g/mol. The van der Waals surface area contributed by atoms with Crippen LogP contribution in [0.15, 0.2) is 0 Å². The lowest BCUT2D eigenvalue weighted by Gasteiger charge is -2.16. The van der Waals surface area contributed by atoms with Gasteiger partial charge in [0.05, 0.1) is 13.2 Å². The lowest BCUT2D eigenvalue weighted by atomic mass is 10.2. The van der Waals surface area contributed by atoms with E-state index in [0.29, 0.717) is 13.2 Å². The quantitative estimate of drug-likeness (QED) is 0.420. The van der Waals surface area contributed by atoms with Gasteiger partial charge in [0.25, 0.3) is 0 Å². The third-order valence-corrected chi connectivity index (χ3v) is 1.18. The highest BCUT2D eigenvalue weighted by Gasteiger charge is 2.07. The molecule has 0 aromatic heterocycles. The van der Waals surface area contributed by atoms with Crippen molar-refractivity contribution in [2.24, 2.45) is 0 Å². The van der Waals surface area contributed by atoms with Gasteiger partial charge >= 0.3 is 0 Å². The van der Waals surface area contributed by atoms with E-state index in [4.69, 9.17) is 37.7 Å². The lowest BCUT2D eigenvalue weighted by Crippen LogP contribution is -2.26. The molecule has 0 aliphatic carbocycles. The van der Waals surface area contributed by atoms with Crippen molar-refractivity contribution in [1.82, 2.24) is 0 Å². The molecule has 0 saturated carbocycles. The van der Waals surface area contributed by atoms with Gasteiger partial charge in [0.2, 0.25) is 0 Å². The van der Waals surface area contributed by atoms with Crippen molar-refractivity contribution < 1.29 is 14.2 Å². The molecule has 0 rings (SSSR count). The fourth-order valence-electron chi connectivity index (χ4n) is 0.679. The first kappa shape index (κ1) is 12.1. The molecule has 0 atom stereocenters. The topological polar surface area (TPSA) is 27.7 Å². The van der Waals surface area contributed by atoms with Crippen LogP contribution in [0, 0.1) is 0 Å². The van der Waals surface area contributed by atoms with Crippen molar-refractivity contribution >= 4 is 23.5 Å². The van der Waals surface area contributed by atoms with Crippen LogP contribution in [0.5, 0.6) is 0 Å². The predicted molar refractivity (Wildman–Crippen MR) is 48.6 cm³/mol. The van der Waals surface area contributed by atoms with E-state index in [0.717, 1.165) is 0 Å². The standard InChI is InChI=1S/C6H11B3O3/c7-3-10-1-6(12-5-9)2-11-4-8/h6H,1-5H2. The molecule has 0 fully saturated rings. The molecule has 0 amide bonds. The van der Waals surface area contributed by atoms with Crippen LogP contribution < -0.4 is 0 Å². The van der Waals surface area contributed by atoms with E-state index in [1.165, 1.54) is 0 Å². The second-order valence-electron chi connectivity index (χ2n) is 2.03. The number of ether oxygens (including phenoxy) is 3. The Hall–Kier alpha value is 0.0748. The summed E-state index contributed by atoms with van der Waals surface area (Å²) in [6.45, 7) is 1.19. The molecule has 62 valence electrons. The van der Waals surface area contributed by atoms with Gasteiger partial charge < -0.3 is 14.2 Å². The lowest BCUT2D eigenvalue weighted by molar-refractivity contribution is -0.0319. The fraction of sp³-hybridized carbons (Fsp3) is 1.00. The second kappa shape index (κ2) is 9.17. The summed E-state index contributed by atoms with van der Waals surface area (Å²) in [5.74, 6) is 0. The second-order valence-corrected chi connectivity index (χ2v) is 2.03. The number of hydrogen-bond donors (Lipinski definition) is 0. The summed E-state index contributed by atoms with van der Waals surface area (Å²) in [5, 5.41) is 0. The molecule has 0 unspecified atom stereocenters. The molecule has 0 aliphatic heterocycles. The van der Waals surface area contributed by atoms with Crippen LogP contribution in [0.25, 0.3) is 0 Å². The molecule has 0 N–H and O–H groups in total. The molecule has 0 heterocycles. The predicted octanol–water partition coefficient (Wildman–Crippen LogP) is -1.22. The molecule has 12 heavy (non-hydrogen) atoms. The first-order valence-corrected chi connectivity index (χ1v) is 3.72. The van der Waals surface area contributed by atoms with Crippen molar-refractivity contribution in [2.75, 3.05) is 32.7 Å². The Balaban J connectivity index is 3.40. The maximum atomic E-state index is 5.18. The van der Waals surface area contributed by atoms with Gasteiger partial charge in [-0.1, -0.05) is 0 Å². The SMILES string of the molecule is [B]COCC(COC[B])OC[B]. The van der Waals surface area contributed by atoms with E-state index < -0.39 is 0 Å². The zero-order chi connectivity index (χ0) is 9.23. The smallest absolute Gasteiger partial charge is 0.104 e. The summed E-state index contributed by atoms with van der Waals surface area (Å²) in [5.41, 5.74) is 0. The van der Waals surface area contributed by atoms with Gasteiger partial charge in [-0.25, -0.2) is 0 Å². The highest BCUT2D eigenvalue weighted by Crippen LogP contribution is 1.93. The average molecular weight is 164 g/mol. The minimum atomic E-state index is -0.193. The monoisotopic (exact) mass is 164 g/mol. The average Bonchev–Trinajstić information content (AvgIpc) is 2.10. The molecule has 6 radical (unpaired) electrons. The number of rotatable bonds is 8. The Bertz CT molecular complexity index is 86.1. The van der Waals surface area contributed by atoms with E-state index in [1.54, 1.807) is 0 Å². The normalized spacial score (nSPS) is 10.8. The maximum absolute atomic E-state index is 5.18. The highest BCUT2D eigenvalue weighted by atomic mass is 16.6. The Morgan fingerprint density at radius 1 is 0.833 bits per heavy atom. The molecule has 0 bridgehead atoms. The molecule has 0 spiro atoms. The van der Waals surface area contributed by atoms with E-state index in [-0.39, 0.29) is 25.6 Å². The summed E-state index contributed by atoms with van der Waals surface area (Å²) in [6, 6.07) is 0. The zero-order valence-corrected chi connectivity index (χ0v) is 7.07. The first-order chi connectivity index (χ1) is 5.85. The van der Waals surface area contributed by atoms with Crippen LogP contribution in [0.2, 0.25) is 0 Å². The van der Waals surface area contributed by atoms with Crippen molar-refractivity contribution in [2.45, 2.75) is 6.10 Å². The molecule has 6 heteroatoms. The Morgan fingerprint density at radius 3 is 1.67 bits per heavy atom. The van der Waals surface area contributed by atoms with Gasteiger partial charge in [0.1, 0.15) is 29.6 Å². The first-order valence-electron chi connectivity index (χ1n) is 3.72. The van der Waals surface area contributed by atoms with Gasteiger partial charge in [-0.3, -0.25) is 0 Å². The number of hydrogen-bond acceptors (Lipinski definition) is 3. The van der Waals surface area contributed by atoms with Crippen molar-refractivity contribution in [3.63, 3.8) is 0 Å². The van der Waals surface area contributed by atoms with E-state index in [1.807, 2.05) is 0 Å². The summed E-state index contributed by atoms with van der Waals surface area (Å²) in [4.78, 5) is 0. The fourth-order valence-corrected chi connectivity index (χ4v) is 0.679. The summed E-state index contributed by atoms with van der Waals surface area (Å²) in [7, 11) is 15.4. The molecule has 0 saturated heterocycles. The highest BCUT2D eigenvalue weighted by molar-refractivity contribution is 6.08. The molecule has 0 aliphatic rings.